The van der Waals surface area contributed by atoms with Gasteiger partial charge in [-0.05, 0) is 12.1 Å². The first-order valence-electron chi connectivity index (χ1n) is 10.4. The normalized spacial score (nSPS) is 22.6. The molecule has 12 nitrogen and oxygen atoms in total. The highest BCUT2D eigenvalue weighted by Crippen LogP contribution is 2.19. The van der Waals surface area contributed by atoms with Crippen LogP contribution in [0.1, 0.15) is 0 Å². The van der Waals surface area contributed by atoms with Gasteiger partial charge in [0.15, 0.2) is 23.7 Å². The topological polar surface area (TPSA) is 150 Å². The number of hydrogen-bond donors (Lipinski definition) is 3. The molecule has 1 aliphatic heterocycles. The maximum absolute atomic E-state index is 13.6. The third-order valence-electron chi connectivity index (χ3n) is 5.76. The monoisotopic (exact) mass is 477 g/mol. The predicted molar refractivity (Wildman–Crippen MR) is 116 cm³/mol. The van der Waals surface area contributed by atoms with Crippen molar-refractivity contribution in [1.29, 1.82) is 0 Å². The Labute approximate surface area is 191 Å². The lowest BCUT2D eigenvalue weighted by Gasteiger charge is -2.38. The summed E-state index contributed by atoms with van der Waals surface area (Å²) in [7, 11) is 2.84. The minimum Gasteiger partial charge on any atom is -0.481 e. The average molecular weight is 477 g/mol. The third-order valence-corrected chi connectivity index (χ3v) is 5.76. The standard InChI is InChI=1S/C21H24FN5O7/c1-25-19-16(20(31)26(2)21(25)32)23-10-27(19)7-14-18(30)17(29)12(8-33-14)24-15(28)9-34-13-6-4-3-5-11(13)22/h3-6,10,12,14,17-18,29-30H,7-9H2,1-2H3,(H,24,28)/t12-,14-,17+,18-/m1/s1. The summed E-state index contributed by atoms with van der Waals surface area (Å²) in [4.78, 5) is 40.8. The van der Waals surface area contributed by atoms with Gasteiger partial charge in [0.05, 0.1) is 25.5 Å². The molecule has 3 heterocycles. The first-order chi connectivity index (χ1) is 16.2. The van der Waals surface area contributed by atoms with Crippen LogP contribution in [-0.4, -0.2) is 72.4 Å². The number of amides is 1. The fourth-order valence-electron chi connectivity index (χ4n) is 3.89. The van der Waals surface area contributed by atoms with E-state index in [-0.39, 0.29) is 30.1 Å². The molecule has 3 N–H and O–H groups in total. The van der Waals surface area contributed by atoms with E-state index in [1.165, 1.54) is 47.8 Å². The van der Waals surface area contributed by atoms with E-state index in [0.29, 0.717) is 0 Å². The highest BCUT2D eigenvalue weighted by Gasteiger charge is 2.39. The van der Waals surface area contributed by atoms with Crippen LogP contribution in [0, 0.1) is 5.82 Å². The lowest BCUT2D eigenvalue weighted by molar-refractivity contribution is -0.158. The lowest BCUT2D eigenvalue weighted by Crippen LogP contribution is -2.60. The van der Waals surface area contributed by atoms with Crippen LogP contribution in [0.4, 0.5) is 4.39 Å². The summed E-state index contributed by atoms with van der Waals surface area (Å²) >= 11 is 0. The highest BCUT2D eigenvalue weighted by atomic mass is 19.1. The van der Waals surface area contributed by atoms with Gasteiger partial charge in [-0.2, -0.15) is 0 Å². The van der Waals surface area contributed by atoms with Gasteiger partial charge in [0.1, 0.15) is 24.0 Å². The van der Waals surface area contributed by atoms with Gasteiger partial charge in [-0.1, -0.05) is 12.1 Å². The largest absolute Gasteiger partial charge is 0.481 e. The molecule has 0 aliphatic carbocycles. The number of ether oxygens (including phenoxy) is 2. The molecule has 0 unspecified atom stereocenters. The number of para-hydroxylation sites is 1. The number of nitrogens with one attached hydrogen (secondary N) is 1. The zero-order valence-electron chi connectivity index (χ0n) is 18.4. The number of benzene rings is 1. The van der Waals surface area contributed by atoms with Crippen molar-refractivity contribution < 1.29 is 28.9 Å². The molecule has 34 heavy (non-hydrogen) atoms. The molecule has 1 fully saturated rings. The number of carbonyl (C=O) groups excluding carboxylic acids is 1. The molecule has 0 saturated carbocycles. The number of aliphatic hydroxyl groups excluding tert-OH is 2. The number of aromatic nitrogens is 4. The number of carbonyl (C=O) groups is 1. The van der Waals surface area contributed by atoms with Crippen LogP contribution in [0.15, 0.2) is 40.2 Å². The Hall–Kier alpha value is -3.55. The van der Waals surface area contributed by atoms with Crippen LogP contribution in [0.2, 0.25) is 0 Å². The van der Waals surface area contributed by atoms with Gasteiger partial charge in [0.2, 0.25) is 0 Å². The van der Waals surface area contributed by atoms with Crippen molar-refractivity contribution in [3.05, 3.63) is 57.2 Å². The van der Waals surface area contributed by atoms with Crippen LogP contribution in [0.25, 0.3) is 11.2 Å². The number of aliphatic hydroxyl groups is 2. The van der Waals surface area contributed by atoms with Gasteiger partial charge < -0.3 is 29.6 Å². The number of hydrogen-bond acceptors (Lipinski definition) is 8. The summed E-state index contributed by atoms with van der Waals surface area (Å²) in [6, 6.07) is 4.69. The van der Waals surface area contributed by atoms with Crippen molar-refractivity contribution in [2.45, 2.75) is 30.9 Å². The number of nitrogens with zero attached hydrogens (tertiary/aromatic N) is 4. The lowest BCUT2D eigenvalue weighted by atomic mass is 9.98. The van der Waals surface area contributed by atoms with Crippen LogP contribution in [0.5, 0.6) is 5.75 Å². The van der Waals surface area contributed by atoms with Crippen molar-refractivity contribution in [2.24, 2.45) is 14.1 Å². The molecule has 4 atom stereocenters. The van der Waals surface area contributed by atoms with Crippen LogP contribution < -0.4 is 21.3 Å². The Balaban J connectivity index is 1.41. The van der Waals surface area contributed by atoms with Crippen molar-refractivity contribution >= 4 is 17.1 Å². The van der Waals surface area contributed by atoms with E-state index in [1.54, 1.807) is 6.07 Å². The number of rotatable bonds is 6. The quantitative estimate of drug-likeness (QED) is 0.379. The molecule has 1 amide bonds. The van der Waals surface area contributed by atoms with Crippen molar-refractivity contribution in [3.63, 3.8) is 0 Å². The van der Waals surface area contributed by atoms with Gasteiger partial charge in [0, 0.05) is 14.1 Å². The fourth-order valence-corrected chi connectivity index (χ4v) is 3.89. The average Bonchev–Trinajstić information content (AvgIpc) is 3.24. The van der Waals surface area contributed by atoms with E-state index >= 15 is 0 Å². The Morgan fingerprint density at radius 2 is 1.97 bits per heavy atom. The molecular weight excluding hydrogens is 453 g/mol. The van der Waals surface area contributed by atoms with E-state index in [2.05, 4.69) is 10.3 Å². The molecule has 2 aromatic heterocycles. The third kappa shape index (κ3) is 4.32. The van der Waals surface area contributed by atoms with Gasteiger partial charge in [-0.3, -0.25) is 18.7 Å². The van der Waals surface area contributed by atoms with Gasteiger partial charge in [-0.15, -0.1) is 0 Å². The van der Waals surface area contributed by atoms with E-state index in [0.717, 1.165) is 4.57 Å². The number of aryl methyl sites for hydroxylation is 1. The summed E-state index contributed by atoms with van der Waals surface area (Å²) in [5.41, 5.74) is -0.762. The molecule has 1 saturated heterocycles. The first kappa shape index (κ1) is 23.6. The Kier molecular flexibility index (Phi) is 6.50. The second-order valence-electron chi connectivity index (χ2n) is 8.02. The zero-order valence-corrected chi connectivity index (χ0v) is 18.4. The van der Waals surface area contributed by atoms with Crippen molar-refractivity contribution in [1.82, 2.24) is 24.0 Å². The molecule has 0 bridgehead atoms. The number of halogens is 1. The number of fused-ring (bicyclic) bond motifs is 1. The zero-order chi connectivity index (χ0) is 24.6. The summed E-state index contributed by atoms with van der Waals surface area (Å²) in [5, 5.41) is 23.6. The summed E-state index contributed by atoms with van der Waals surface area (Å²) in [5.74, 6) is -1.33. The maximum Gasteiger partial charge on any atom is 0.332 e. The first-order valence-corrected chi connectivity index (χ1v) is 10.4. The van der Waals surface area contributed by atoms with E-state index in [4.69, 9.17) is 9.47 Å². The fraction of sp³-hybridized carbons (Fsp3) is 0.429. The van der Waals surface area contributed by atoms with Crippen molar-refractivity contribution in [3.8, 4) is 5.75 Å². The molecule has 1 aliphatic rings. The van der Waals surface area contributed by atoms with Gasteiger partial charge >= 0.3 is 5.69 Å². The smallest absolute Gasteiger partial charge is 0.332 e. The van der Waals surface area contributed by atoms with Crippen LogP contribution in [-0.2, 0) is 30.2 Å². The Morgan fingerprint density at radius 3 is 2.71 bits per heavy atom. The molecule has 182 valence electrons. The Morgan fingerprint density at radius 1 is 1.24 bits per heavy atom. The SMILES string of the molecule is Cn1c(=O)c2ncn(C[C@H]3OC[C@@H](NC(=O)COc4ccccc4F)[C@H](O)[C@@H]3O)c2n(C)c1=O. The molecule has 4 rings (SSSR count). The second-order valence-corrected chi connectivity index (χ2v) is 8.02. The van der Waals surface area contributed by atoms with Crippen LogP contribution >= 0.6 is 0 Å². The minimum atomic E-state index is -1.40. The second kappa shape index (κ2) is 9.37. The molecule has 0 spiro atoms. The molecular formula is C21H24FN5O7. The molecule has 0 radical (unpaired) electrons. The summed E-state index contributed by atoms with van der Waals surface area (Å²) in [6.07, 6.45) is -2.33. The van der Waals surface area contributed by atoms with Crippen LogP contribution in [0.3, 0.4) is 0 Å². The maximum atomic E-state index is 13.6. The molecule has 13 heteroatoms. The summed E-state index contributed by atoms with van der Waals surface area (Å²) < 4.78 is 28.1. The van der Waals surface area contributed by atoms with E-state index in [9.17, 15) is 29.0 Å². The van der Waals surface area contributed by atoms with Crippen molar-refractivity contribution in [2.75, 3.05) is 13.2 Å². The van der Waals surface area contributed by atoms with Gasteiger partial charge in [-0.25, -0.2) is 14.2 Å². The summed E-state index contributed by atoms with van der Waals surface area (Å²) in [6.45, 7) is -0.623. The Bertz CT molecular complexity index is 1330. The van der Waals surface area contributed by atoms with E-state index < -0.39 is 53.9 Å². The molecule has 1 aromatic carbocycles. The van der Waals surface area contributed by atoms with E-state index in [1.807, 2.05) is 0 Å². The number of imidazole rings is 1. The van der Waals surface area contributed by atoms with Gasteiger partial charge in [0.25, 0.3) is 11.5 Å². The minimum absolute atomic E-state index is 0.00770. The molecule has 3 aromatic rings. The highest BCUT2D eigenvalue weighted by molar-refractivity contribution is 5.78. The predicted octanol–water partition coefficient (Wildman–Crippen LogP) is -1.74.